The second kappa shape index (κ2) is 8.41. The highest BCUT2D eigenvalue weighted by Gasteiger charge is 2.14. The monoisotopic (exact) mass is 405 g/mol. The highest BCUT2D eigenvalue weighted by Crippen LogP contribution is 2.26. The number of hydrogen-bond donors (Lipinski definition) is 1. The van der Waals surface area contributed by atoms with Gasteiger partial charge in [-0.05, 0) is 31.2 Å². The molecule has 1 amide bonds. The van der Waals surface area contributed by atoms with E-state index >= 15 is 0 Å². The smallest absolute Gasteiger partial charge is 0.252 e. The van der Waals surface area contributed by atoms with Gasteiger partial charge in [0.05, 0.1) is 16.8 Å². The molecule has 146 valence electrons. The predicted molar refractivity (Wildman–Crippen MR) is 114 cm³/mol. The van der Waals surface area contributed by atoms with Crippen LogP contribution >= 0.6 is 11.6 Å². The molecule has 0 bridgehead atoms. The zero-order chi connectivity index (χ0) is 20.2. The lowest BCUT2D eigenvalue weighted by Crippen LogP contribution is -2.26. The second-order valence-electron chi connectivity index (χ2n) is 6.62. The third-order valence-electron chi connectivity index (χ3n) is 4.77. The summed E-state index contributed by atoms with van der Waals surface area (Å²) in [5.41, 5.74) is 3.01. The first-order chi connectivity index (χ1) is 14.2. The van der Waals surface area contributed by atoms with Gasteiger partial charge in [-0.3, -0.25) is 4.79 Å². The molecule has 7 heteroatoms. The fourth-order valence-electron chi connectivity index (χ4n) is 3.25. The van der Waals surface area contributed by atoms with Crippen molar-refractivity contribution in [3.05, 3.63) is 77.3 Å². The van der Waals surface area contributed by atoms with Crippen molar-refractivity contribution in [3.8, 4) is 11.3 Å². The molecule has 2 aromatic carbocycles. The van der Waals surface area contributed by atoms with Crippen LogP contribution in [0.25, 0.3) is 22.2 Å². The van der Waals surface area contributed by atoms with Crippen LogP contribution in [0.1, 0.15) is 23.1 Å². The molecule has 2 heterocycles. The number of nitrogens with one attached hydrogen (secondary N) is 1. The van der Waals surface area contributed by atoms with Gasteiger partial charge in [0.1, 0.15) is 12.2 Å². The van der Waals surface area contributed by atoms with Gasteiger partial charge in [-0.25, -0.2) is 4.98 Å². The molecular formula is C22H20ClN5O. The molecule has 0 radical (unpaired) electrons. The SMILES string of the molecule is CCn1cnnc1CCNC(=O)c1cc(-c2ccc(Cl)cc2)nc2ccccc12. The van der Waals surface area contributed by atoms with Crippen LogP contribution < -0.4 is 5.32 Å². The third-order valence-corrected chi connectivity index (χ3v) is 5.02. The molecule has 4 rings (SSSR count). The van der Waals surface area contributed by atoms with Gasteiger partial charge in [-0.15, -0.1) is 10.2 Å². The number of rotatable bonds is 6. The van der Waals surface area contributed by atoms with Crippen molar-refractivity contribution in [2.24, 2.45) is 0 Å². The van der Waals surface area contributed by atoms with Crippen molar-refractivity contribution in [1.82, 2.24) is 25.1 Å². The molecule has 0 unspecified atom stereocenters. The zero-order valence-corrected chi connectivity index (χ0v) is 16.7. The Kier molecular flexibility index (Phi) is 5.53. The number of benzene rings is 2. The summed E-state index contributed by atoms with van der Waals surface area (Å²) < 4.78 is 1.96. The number of amides is 1. The summed E-state index contributed by atoms with van der Waals surface area (Å²) in [7, 11) is 0. The average Bonchev–Trinajstić information content (AvgIpc) is 3.21. The molecule has 0 atom stereocenters. The maximum absolute atomic E-state index is 13.0. The van der Waals surface area contributed by atoms with Gasteiger partial charge in [0, 0.05) is 35.5 Å². The van der Waals surface area contributed by atoms with Crippen LogP contribution in [0.15, 0.2) is 60.9 Å². The summed E-state index contributed by atoms with van der Waals surface area (Å²) in [6.45, 7) is 3.31. The number of hydrogen-bond acceptors (Lipinski definition) is 4. The number of carbonyl (C=O) groups excluding carboxylic acids is 1. The first kappa shape index (κ1) is 19.1. The Morgan fingerprint density at radius 2 is 1.93 bits per heavy atom. The molecule has 0 spiro atoms. The number of para-hydroxylation sites is 1. The van der Waals surface area contributed by atoms with Gasteiger partial charge >= 0.3 is 0 Å². The van der Waals surface area contributed by atoms with Crippen LogP contribution in [0.2, 0.25) is 5.02 Å². The van der Waals surface area contributed by atoms with E-state index in [1.54, 1.807) is 6.33 Å². The van der Waals surface area contributed by atoms with Gasteiger partial charge in [0.15, 0.2) is 0 Å². The Bertz CT molecular complexity index is 1150. The molecule has 0 aliphatic heterocycles. The van der Waals surface area contributed by atoms with E-state index in [0.29, 0.717) is 23.6 Å². The highest BCUT2D eigenvalue weighted by atomic mass is 35.5. The molecule has 0 saturated heterocycles. The average molecular weight is 406 g/mol. The molecule has 6 nitrogen and oxygen atoms in total. The summed E-state index contributed by atoms with van der Waals surface area (Å²) in [5, 5.41) is 12.5. The minimum Gasteiger partial charge on any atom is -0.352 e. The fourth-order valence-corrected chi connectivity index (χ4v) is 3.38. The van der Waals surface area contributed by atoms with E-state index in [2.05, 4.69) is 15.5 Å². The van der Waals surface area contributed by atoms with Gasteiger partial charge < -0.3 is 9.88 Å². The van der Waals surface area contributed by atoms with Gasteiger partial charge in [-0.2, -0.15) is 0 Å². The normalized spacial score (nSPS) is 11.0. The molecule has 29 heavy (non-hydrogen) atoms. The minimum absolute atomic E-state index is 0.138. The van der Waals surface area contributed by atoms with Crippen LogP contribution in [0.4, 0.5) is 0 Å². The molecule has 0 saturated carbocycles. The fraction of sp³-hybridized carbons (Fsp3) is 0.182. The van der Waals surface area contributed by atoms with Crippen LogP contribution in [-0.2, 0) is 13.0 Å². The van der Waals surface area contributed by atoms with Crippen LogP contribution in [0.5, 0.6) is 0 Å². The van der Waals surface area contributed by atoms with Gasteiger partial charge in [0.2, 0.25) is 0 Å². The zero-order valence-electron chi connectivity index (χ0n) is 16.0. The first-order valence-corrected chi connectivity index (χ1v) is 9.84. The lowest BCUT2D eigenvalue weighted by molar-refractivity contribution is 0.0955. The maximum atomic E-state index is 13.0. The second-order valence-corrected chi connectivity index (χ2v) is 7.05. The highest BCUT2D eigenvalue weighted by molar-refractivity contribution is 6.30. The number of aryl methyl sites for hydroxylation is 1. The van der Waals surface area contributed by atoms with E-state index in [-0.39, 0.29) is 5.91 Å². The van der Waals surface area contributed by atoms with Crippen molar-refractivity contribution in [1.29, 1.82) is 0 Å². The van der Waals surface area contributed by atoms with Crippen molar-refractivity contribution < 1.29 is 4.79 Å². The molecule has 2 aromatic heterocycles. The molecule has 0 aliphatic carbocycles. The molecular weight excluding hydrogens is 386 g/mol. The summed E-state index contributed by atoms with van der Waals surface area (Å²) in [5.74, 6) is 0.718. The largest absolute Gasteiger partial charge is 0.352 e. The number of pyridine rings is 1. The summed E-state index contributed by atoms with van der Waals surface area (Å²) in [4.78, 5) is 17.7. The van der Waals surface area contributed by atoms with Gasteiger partial charge in [0.25, 0.3) is 5.91 Å². The minimum atomic E-state index is -0.138. The summed E-state index contributed by atoms with van der Waals surface area (Å²) >= 11 is 6.00. The molecule has 1 N–H and O–H groups in total. The maximum Gasteiger partial charge on any atom is 0.252 e. The topological polar surface area (TPSA) is 72.7 Å². The number of aromatic nitrogens is 4. The molecule has 4 aromatic rings. The van der Waals surface area contributed by atoms with Crippen LogP contribution in [0.3, 0.4) is 0 Å². The Balaban J connectivity index is 1.61. The number of fused-ring (bicyclic) bond motifs is 1. The number of halogens is 1. The number of carbonyl (C=O) groups is 1. The molecule has 0 aliphatic rings. The number of nitrogens with zero attached hydrogens (tertiary/aromatic N) is 4. The quantitative estimate of drug-likeness (QED) is 0.523. The van der Waals surface area contributed by atoms with E-state index < -0.39 is 0 Å². The lowest BCUT2D eigenvalue weighted by Gasteiger charge is -2.11. The standard InChI is InChI=1S/C22H20ClN5O/c1-2-28-14-25-27-21(28)11-12-24-22(29)18-13-20(15-7-9-16(23)10-8-15)26-19-6-4-3-5-17(18)19/h3-10,13-14H,2,11-12H2,1H3,(H,24,29). The molecule has 0 fully saturated rings. The van der Waals surface area contributed by atoms with Crippen molar-refractivity contribution in [2.45, 2.75) is 19.9 Å². The van der Waals surface area contributed by atoms with Crippen LogP contribution in [0, 0.1) is 0 Å². The van der Waals surface area contributed by atoms with Gasteiger partial charge in [-0.1, -0.05) is 41.9 Å². The van der Waals surface area contributed by atoms with E-state index in [1.165, 1.54) is 0 Å². The lowest BCUT2D eigenvalue weighted by atomic mass is 10.0. The van der Waals surface area contributed by atoms with Crippen molar-refractivity contribution in [3.63, 3.8) is 0 Å². The Hall–Kier alpha value is -3.25. The van der Waals surface area contributed by atoms with Crippen molar-refractivity contribution in [2.75, 3.05) is 6.54 Å². The Morgan fingerprint density at radius 1 is 1.14 bits per heavy atom. The van der Waals surface area contributed by atoms with E-state index in [1.807, 2.05) is 66.1 Å². The Morgan fingerprint density at radius 3 is 2.72 bits per heavy atom. The summed E-state index contributed by atoms with van der Waals surface area (Å²) in [6, 6.07) is 16.9. The van der Waals surface area contributed by atoms with E-state index in [0.717, 1.165) is 34.5 Å². The third kappa shape index (κ3) is 4.12. The van der Waals surface area contributed by atoms with Crippen LogP contribution in [-0.4, -0.2) is 32.2 Å². The predicted octanol–water partition coefficient (Wildman–Crippen LogP) is 4.14. The first-order valence-electron chi connectivity index (χ1n) is 9.46. The van der Waals surface area contributed by atoms with Crippen molar-refractivity contribution >= 4 is 28.4 Å². The Labute approximate surface area is 173 Å². The summed E-state index contributed by atoms with van der Waals surface area (Å²) in [6.07, 6.45) is 2.32. The van der Waals surface area contributed by atoms with E-state index in [4.69, 9.17) is 16.6 Å². The van der Waals surface area contributed by atoms with E-state index in [9.17, 15) is 4.79 Å².